The molecule has 4 aromatic rings. The molecule has 6 nitrogen and oxygen atoms in total. The van der Waals surface area contributed by atoms with Crippen molar-refractivity contribution in [2.24, 2.45) is 0 Å². The molecule has 0 bridgehead atoms. The molecule has 1 N–H and O–H groups in total. The number of fused-ring (bicyclic) bond motifs is 1. The Bertz CT molecular complexity index is 1180. The smallest absolute Gasteiger partial charge is 0.416 e. The predicted molar refractivity (Wildman–Crippen MR) is 97.7 cm³/mol. The van der Waals surface area contributed by atoms with E-state index in [2.05, 4.69) is 15.0 Å². The summed E-state index contributed by atoms with van der Waals surface area (Å²) in [5.41, 5.74) is 1.81. The van der Waals surface area contributed by atoms with Crippen LogP contribution in [0.25, 0.3) is 22.7 Å². The van der Waals surface area contributed by atoms with E-state index in [1.54, 1.807) is 26.0 Å². The van der Waals surface area contributed by atoms with E-state index in [1.807, 2.05) is 0 Å². The second-order valence-electron chi connectivity index (χ2n) is 6.44. The molecular weight excluding hydrogens is 387 g/mol. The third-order valence-corrected chi connectivity index (χ3v) is 4.26. The van der Waals surface area contributed by atoms with Crippen molar-refractivity contribution in [3.8, 4) is 29.0 Å². The second-order valence-corrected chi connectivity index (χ2v) is 6.44. The zero-order chi connectivity index (χ0) is 20.8. The number of rotatable bonds is 3. The summed E-state index contributed by atoms with van der Waals surface area (Å²) < 4.78 is 49.0. The fraction of sp³-hybridized carbons (Fsp3) is 0.150. The van der Waals surface area contributed by atoms with Gasteiger partial charge in [-0.05, 0) is 61.4 Å². The molecule has 29 heavy (non-hydrogen) atoms. The van der Waals surface area contributed by atoms with E-state index in [4.69, 9.17) is 9.15 Å². The Morgan fingerprint density at radius 1 is 1.00 bits per heavy atom. The number of halogens is 3. The molecule has 0 unspecified atom stereocenters. The summed E-state index contributed by atoms with van der Waals surface area (Å²) in [5, 5.41) is 9.90. The van der Waals surface area contributed by atoms with Gasteiger partial charge in [0, 0.05) is 5.56 Å². The number of phenolic OH excluding ortho intramolecular Hbond substituents is 1. The largest absolute Gasteiger partial charge is 0.507 e. The first kappa shape index (κ1) is 18.7. The highest BCUT2D eigenvalue weighted by Crippen LogP contribution is 2.32. The topological polar surface area (TPSA) is 81.3 Å². The first-order valence-corrected chi connectivity index (χ1v) is 8.50. The van der Waals surface area contributed by atoms with Crippen LogP contribution in [0.15, 0.2) is 47.0 Å². The van der Waals surface area contributed by atoms with E-state index < -0.39 is 11.7 Å². The lowest BCUT2D eigenvalue weighted by molar-refractivity contribution is -0.137. The molecule has 0 radical (unpaired) electrons. The highest BCUT2D eigenvalue weighted by atomic mass is 19.4. The molecule has 4 rings (SSSR count). The Morgan fingerprint density at radius 2 is 1.66 bits per heavy atom. The summed E-state index contributed by atoms with van der Waals surface area (Å²) in [6, 6.07) is 7.58. The standard InChI is InChI=1S/C20H14F3N3O3/c1-10-7-12(8-11(2)16(10)27)17-25-15-9-24-19(26-18(15)29-17)28-14-5-3-13(4-6-14)20(21,22)23/h3-9,27H,1-2H3. The van der Waals surface area contributed by atoms with Gasteiger partial charge in [0.25, 0.3) is 5.71 Å². The summed E-state index contributed by atoms with van der Waals surface area (Å²) >= 11 is 0. The van der Waals surface area contributed by atoms with Crippen LogP contribution in [-0.4, -0.2) is 20.1 Å². The number of hydrogen-bond acceptors (Lipinski definition) is 6. The molecule has 0 saturated carbocycles. The molecule has 0 aliphatic rings. The van der Waals surface area contributed by atoms with Gasteiger partial charge in [-0.15, -0.1) is 0 Å². The van der Waals surface area contributed by atoms with E-state index in [0.717, 1.165) is 12.1 Å². The second kappa shape index (κ2) is 6.77. The third-order valence-electron chi connectivity index (χ3n) is 4.26. The summed E-state index contributed by atoms with van der Waals surface area (Å²) in [6.07, 6.45) is -3.02. The number of ether oxygens (including phenoxy) is 1. The van der Waals surface area contributed by atoms with Crippen LogP contribution in [0.4, 0.5) is 13.2 Å². The quantitative estimate of drug-likeness (QED) is 0.494. The molecule has 0 fully saturated rings. The highest BCUT2D eigenvalue weighted by Gasteiger charge is 2.30. The van der Waals surface area contributed by atoms with Gasteiger partial charge < -0.3 is 14.3 Å². The van der Waals surface area contributed by atoms with Crippen molar-refractivity contribution in [1.29, 1.82) is 0 Å². The number of nitrogens with zero attached hydrogens (tertiary/aromatic N) is 3. The minimum absolute atomic E-state index is 0.0852. The fourth-order valence-corrected chi connectivity index (χ4v) is 2.79. The van der Waals surface area contributed by atoms with Crippen LogP contribution in [0, 0.1) is 13.8 Å². The Kier molecular flexibility index (Phi) is 4.37. The van der Waals surface area contributed by atoms with Crippen LogP contribution >= 0.6 is 0 Å². The maximum absolute atomic E-state index is 12.6. The summed E-state index contributed by atoms with van der Waals surface area (Å²) in [4.78, 5) is 12.5. The van der Waals surface area contributed by atoms with Crippen LogP contribution in [-0.2, 0) is 6.18 Å². The molecule has 0 aliphatic heterocycles. The van der Waals surface area contributed by atoms with Gasteiger partial charge in [-0.1, -0.05) is 0 Å². The number of aromatic nitrogens is 3. The highest BCUT2D eigenvalue weighted by molar-refractivity contribution is 5.72. The molecule has 148 valence electrons. The molecule has 2 aromatic heterocycles. The average Bonchev–Trinajstić information content (AvgIpc) is 3.09. The lowest BCUT2D eigenvalue weighted by Gasteiger charge is -2.07. The first-order chi connectivity index (χ1) is 13.7. The van der Waals surface area contributed by atoms with Gasteiger partial charge in [-0.2, -0.15) is 18.2 Å². The predicted octanol–water partition coefficient (Wildman–Crippen LogP) is 5.42. The minimum Gasteiger partial charge on any atom is -0.507 e. The Hall–Kier alpha value is -3.62. The lowest BCUT2D eigenvalue weighted by Crippen LogP contribution is -2.04. The Labute approximate surface area is 162 Å². The van der Waals surface area contributed by atoms with E-state index in [0.29, 0.717) is 28.1 Å². The van der Waals surface area contributed by atoms with Gasteiger partial charge in [-0.3, -0.25) is 0 Å². The molecule has 0 saturated heterocycles. The maximum atomic E-state index is 12.6. The SMILES string of the molecule is Cc1cc(-c2nc3cnc(Oc4ccc(C(F)(F)F)cc4)nc3o2)cc(C)c1O. The zero-order valence-electron chi connectivity index (χ0n) is 15.3. The summed E-state index contributed by atoms with van der Waals surface area (Å²) in [5.74, 6) is 0.658. The minimum atomic E-state index is -4.42. The van der Waals surface area contributed by atoms with Crippen molar-refractivity contribution in [3.63, 3.8) is 0 Å². The van der Waals surface area contributed by atoms with Crippen LogP contribution in [0.5, 0.6) is 17.5 Å². The third kappa shape index (κ3) is 3.71. The Morgan fingerprint density at radius 3 is 2.28 bits per heavy atom. The van der Waals surface area contributed by atoms with Crippen molar-refractivity contribution in [3.05, 3.63) is 59.3 Å². The monoisotopic (exact) mass is 401 g/mol. The molecule has 0 spiro atoms. The molecule has 0 atom stereocenters. The number of hydrogen-bond donors (Lipinski definition) is 1. The fourth-order valence-electron chi connectivity index (χ4n) is 2.79. The van der Waals surface area contributed by atoms with Crippen LogP contribution in [0.3, 0.4) is 0 Å². The normalized spacial score (nSPS) is 11.8. The van der Waals surface area contributed by atoms with E-state index in [-0.39, 0.29) is 23.2 Å². The van der Waals surface area contributed by atoms with Crippen molar-refractivity contribution >= 4 is 11.2 Å². The number of phenols is 1. The molecular formula is C20H14F3N3O3. The number of alkyl halides is 3. The molecule has 0 aliphatic carbocycles. The van der Waals surface area contributed by atoms with Gasteiger partial charge in [-0.25, -0.2) is 9.97 Å². The maximum Gasteiger partial charge on any atom is 0.416 e. The van der Waals surface area contributed by atoms with E-state index in [1.165, 1.54) is 18.3 Å². The summed E-state index contributed by atoms with van der Waals surface area (Å²) in [6.45, 7) is 3.54. The Balaban J connectivity index is 1.62. The van der Waals surface area contributed by atoms with Gasteiger partial charge >= 0.3 is 12.2 Å². The van der Waals surface area contributed by atoms with E-state index >= 15 is 0 Å². The first-order valence-electron chi connectivity index (χ1n) is 8.50. The molecule has 9 heteroatoms. The van der Waals surface area contributed by atoms with Crippen molar-refractivity contribution < 1.29 is 27.4 Å². The van der Waals surface area contributed by atoms with Crippen molar-refractivity contribution in [2.45, 2.75) is 20.0 Å². The molecule has 0 amide bonds. The number of oxazole rings is 1. The van der Waals surface area contributed by atoms with Crippen LogP contribution in [0.1, 0.15) is 16.7 Å². The van der Waals surface area contributed by atoms with Gasteiger partial charge in [0.15, 0.2) is 0 Å². The van der Waals surface area contributed by atoms with Crippen molar-refractivity contribution in [2.75, 3.05) is 0 Å². The van der Waals surface area contributed by atoms with Gasteiger partial charge in [0.05, 0.1) is 11.8 Å². The number of aryl methyl sites for hydroxylation is 2. The molecule has 2 heterocycles. The van der Waals surface area contributed by atoms with E-state index in [9.17, 15) is 18.3 Å². The van der Waals surface area contributed by atoms with Crippen molar-refractivity contribution in [1.82, 2.24) is 15.0 Å². The number of aromatic hydroxyl groups is 1. The number of benzene rings is 2. The van der Waals surface area contributed by atoms with Gasteiger partial charge in [0.1, 0.15) is 17.0 Å². The molecule has 2 aromatic carbocycles. The van der Waals surface area contributed by atoms with Crippen LogP contribution < -0.4 is 4.74 Å². The zero-order valence-corrected chi connectivity index (χ0v) is 15.3. The lowest BCUT2D eigenvalue weighted by atomic mass is 10.1. The average molecular weight is 401 g/mol. The van der Waals surface area contributed by atoms with Crippen LogP contribution in [0.2, 0.25) is 0 Å². The summed E-state index contributed by atoms with van der Waals surface area (Å²) in [7, 11) is 0. The van der Waals surface area contributed by atoms with Gasteiger partial charge in [0.2, 0.25) is 5.89 Å².